The lowest BCUT2D eigenvalue weighted by Gasteiger charge is -2.32. The number of halogens is 3. The SMILES string of the molecule is CC(CCC(O)(CC(Cl)(Cl)Cl)c1ccccc1)S(=O)(=O)O. The van der Waals surface area contributed by atoms with E-state index in [-0.39, 0.29) is 19.3 Å². The molecule has 1 aromatic carbocycles. The van der Waals surface area contributed by atoms with Crippen LogP contribution < -0.4 is 0 Å². The first kappa shape index (κ1) is 19.0. The molecule has 0 aromatic heterocycles. The molecular weight excluding hydrogens is 359 g/mol. The average molecular weight is 376 g/mol. The van der Waals surface area contributed by atoms with E-state index in [1.165, 1.54) is 6.92 Å². The molecule has 0 aliphatic rings. The fraction of sp³-hybridized carbons (Fsp3) is 0.538. The minimum atomic E-state index is -4.16. The molecule has 8 heteroatoms. The van der Waals surface area contributed by atoms with Crippen molar-refractivity contribution in [1.82, 2.24) is 0 Å². The van der Waals surface area contributed by atoms with Gasteiger partial charge in [0.2, 0.25) is 0 Å². The molecule has 2 atom stereocenters. The molecule has 0 bridgehead atoms. The van der Waals surface area contributed by atoms with Crippen LogP contribution in [0.4, 0.5) is 0 Å². The topological polar surface area (TPSA) is 74.6 Å². The summed E-state index contributed by atoms with van der Waals surface area (Å²) in [7, 11) is -4.16. The van der Waals surface area contributed by atoms with E-state index in [0.29, 0.717) is 5.56 Å². The van der Waals surface area contributed by atoms with Crippen molar-refractivity contribution >= 4 is 44.9 Å². The van der Waals surface area contributed by atoms with E-state index in [2.05, 4.69) is 0 Å². The summed E-state index contributed by atoms with van der Waals surface area (Å²) in [5, 5.41) is 9.79. The zero-order valence-corrected chi connectivity index (χ0v) is 14.4. The number of aliphatic hydroxyl groups is 1. The lowest BCUT2D eigenvalue weighted by molar-refractivity contribution is 0.0176. The number of hydrogen-bond acceptors (Lipinski definition) is 3. The van der Waals surface area contributed by atoms with Gasteiger partial charge in [-0.2, -0.15) is 8.42 Å². The van der Waals surface area contributed by atoms with Gasteiger partial charge in [0.05, 0.1) is 10.9 Å². The Hall–Kier alpha value is -0.0400. The molecule has 0 aliphatic carbocycles. The molecule has 0 amide bonds. The highest BCUT2D eigenvalue weighted by molar-refractivity contribution is 7.86. The van der Waals surface area contributed by atoms with Gasteiger partial charge in [-0.05, 0) is 25.3 Å². The van der Waals surface area contributed by atoms with Crippen LogP contribution in [0, 0.1) is 0 Å². The van der Waals surface area contributed by atoms with Crippen LogP contribution in [-0.2, 0) is 15.7 Å². The zero-order valence-electron chi connectivity index (χ0n) is 11.3. The molecule has 4 nitrogen and oxygen atoms in total. The predicted molar refractivity (Wildman–Crippen MR) is 85.5 cm³/mol. The Balaban J connectivity index is 2.99. The third-order valence-electron chi connectivity index (χ3n) is 3.28. The van der Waals surface area contributed by atoms with Gasteiger partial charge in [-0.15, -0.1) is 0 Å². The molecule has 2 N–H and O–H groups in total. The van der Waals surface area contributed by atoms with Crippen LogP contribution in [0.15, 0.2) is 30.3 Å². The monoisotopic (exact) mass is 374 g/mol. The third-order valence-corrected chi connectivity index (χ3v) is 4.93. The first-order chi connectivity index (χ1) is 9.44. The summed E-state index contributed by atoms with van der Waals surface area (Å²) in [5.74, 6) is 0. The van der Waals surface area contributed by atoms with Gasteiger partial charge in [0.25, 0.3) is 10.1 Å². The smallest absolute Gasteiger partial charge is 0.267 e. The molecule has 0 saturated carbocycles. The number of hydrogen-bond donors (Lipinski definition) is 2. The summed E-state index contributed by atoms with van der Waals surface area (Å²) in [5.41, 5.74) is -0.968. The second-order valence-corrected chi connectivity index (χ2v) is 9.40. The lowest BCUT2D eigenvalue weighted by Crippen LogP contribution is -2.32. The lowest BCUT2D eigenvalue weighted by atomic mass is 9.86. The van der Waals surface area contributed by atoms with Crippen LogP contribution in [-0.4, -0.2) is 27.1 Å². The van der Waals surface area contributed by atoms with Gasteiger partial charge >= 0.3 is 0 Å². The first-order valence-electron chi connectivity index (χ1n) is 6.25. The normalized spacial score (nSPS) is 17.2. The minimum absolute atomic E-state index is 0.0327. The van der Waals surface area contributed by atoms with Crippen molar-refractivity contribution < 1.29 is 18.1 Å². The highest BCUT2D eigenvalue weighted by Crippen LogP contribution is 2.42. The Labute approximate surface area is 139 Å². The van der Waals surface area contributed by atoms with E-state index in [0.717, 1.165) is 0 Å². The number of alkyl halides is 3. The van der Waals surface area contributed by atoms with Crippen LogP contribution in [0.5, 0.6) is 0 Å². The summed E-state index contributed by atoms with van der Waals surface area (Å²) in [6, 6.07) is 8.58. The standard InChI is InChI=1S/C13H17Cl3O4S/c1-10(21(18,19)20)7-8-12(17,9-13(14,15)16)11-5-3-2-4-6-11/h2-6,10,17H,7-9H2,1H3,(H,18,19,20). The number of benzene rings is 1. The fourth-order valence-corrected chi connectivity index (χ4v) is 3.08. The highest BCUT2D eigenvalue weighted by Gasteiger charge is 2.38. The highest BCUT2D eigenvalue weighted by atomic mass is 35.6. The molecule has 0 heterocycles. The molecular formula is C13H17Cl3O4S. The summed E-state index contributed by atoms with van der Waals surface area (Å²) in [4.78, 5) is 0. The Kier molecular flexibility index (Phi) is 6.36. The quantitative estimate of drug-likeness (QED) is 0.587. The van der Waals surface area contributed by atoms with Crippen molar-refractivity contribution in [3.05, 3.63) is 35.9 Å². The molecule has 0 aliphatic heterocycles. The molecule has 21 heavy (non-hydrogen) atoms. The maximum absolute atomic E-state index is 11.1. The molecule has 0 radical (unpaired) electrons. The summed E-state index contributed by atoms with van der Waals surface area (Å²) in [6.45, 7) is 1.36. The Morgan fingerprint density at radius 2 is 1.71 bits per heavy atom. The maximum atomic E-state index is 11.1. The van der Waals surface area contributed by atoms with Crippen LogP contribution in [0.1, 0.15) is 31.7 Å². The van der Waals surface area contributed by atoms with Gasteiger partial charge < -0.3 is 5.11 Å². The average Bonchev–Trinajstić information content (AvgIpc) is 2.34. The molecule has 1 aromatic rings. The van der Waals surface area contributed by atoms with Crippen LogP contribution >= 0.6 is 34.8 Å². The molecule has 2 unspecified atom stereocenters. The first-order valence-corrected chi connectivity index (χ1v) is 8.89. The van der Waals surface area contributed by atoms with Crippen molar-refractivity contribution in [2.24, 2.45) is 0 Å². The second kappa shape index (κ2) is 7.02. The summed E-state index contributed by atoms with van der Waals surface area (Å²) in [6.07, 6.45) is -0.121. The molecule has 0 spiro atoms. The van der Waals surface area contributed by atoms with Gasteiger partial charge in [0, 0.05) is 6.42 Å². The molecule has 0 fully saturated rings. The summed E-state index contributed by atoms with van der Waals surface area (Å²) < 4.78 is 29.4. The fourth-order valence-electron chi connectivity index (χ4n) is 2.01. The van der Waals surface area contributed by atoms with Gasteiger partial charge in [0.1, 0.15) is 0 Å². The Morgan fingerprint density at radius 3 is 2.14 bits per heavy atom. The van der Waals surface area contributed by atoms with E-state index >= 15 is 0 Å². The van der Waals surface area contributed by atoms with E-state index in [9.17, 15) is 13.5 Å². The zero-order chi connectivity index (χ0) is 16.3. The molecule has 1 rings (SSSR count). The van der Waals surface area contributed by atoms with Gasteiger partial charge in [-0.1, -0.05) is 65.1 Å². The third kappa shape index (κ3) is 6.30. The largest absolute Gasteiger partial charge is 0.385 e. The van der Waals surface area contributed by atoms with E-state index in [1.807, 2.05) is 0 Å². The minimum Gasteiger partial charge on any atom is -0.385 e. The van der Waals surface area contributed by atoms with Crippen molar-refractivity contribution in [3.8, 4) is 0 Å². The van der Waals surface area contributed by atoms with E-state index in [4.69, 9.17) is 39.4 Å². The predicted octanol–water partition coefficient (Wildman–Crippen LogP) is 3.69. The van der Waals surface area contributed by atoms with Crippen molar-refractivity contribution in [2.75, 3.05) is 0 Å². The van der Waals surface area contributed by atoms with Gasteiger partial charge in [-0.25, -0.2) is 0 Å². The van der Waals surface area contributed by atoms with Crippen LogP contribution in [0.3, 0.4) is 0 Å². The Morgan fingerprint density at radius 1 is 1.19 bits per heavy atom. The van der Waals surface area contributed by atoms with Crippen molar-refractivity contribution in [2.45, 2.75) is 40.8 Å². The van der Waals surface area contributed by atoms with Crippen molar-refractivity contribution in [3.63, 3.8) is 0 Å². The maximum Gasteiger partial charge on any atom is 0.267 e. The second-order valence-electron chi connectivity index (χ2n) is 5.05. The molecule has 0 saturated heterocycles. The Bertz CT molecular complexity index is 557. The van der Waals surface area contributed by atoms with E-state index < -0.39 is 24.8 Å². The van der Waals surface area contributed by atoms with Gasteiger partial charge in [0.15, 0.2) is 3.79 Å². The van der Waals surface area contributed by atoms with Crippen molar-refractivity contribution in [1.29, 1.82) is 0 Å². The molecule has 120 valence electrons. The van der Waals surface area contributed by atoms with Crippen LogP contribution in [0.2, 0.25) is 0 Å². The van der Waals surface area contributed by atoms with Crippen LogP contribution in [0.25, 0.3) is 0 Å². The van der Waals surface area contributed by atoms with Gasteiger partial charge in [-0.3, -0.25) is 4.55 Å². The number of rotatable bonds is 6. The summed E-state index contributed by atoms with van der Waals surface area (Å²) >= 11 is 17.3. The van der Waals surface area contributed by atoms with E-state index in [1.54, 1.807) is 30.3 Å².